The van der Waals surface area contributed by atoms with Gasteiger partial charge in [0.15, 0.2) is 0 Å². The average molecular weight is 411 g/mol. The van der Waals surface area contributed by atoms with Crippen LogP contribution in [0.1, 0.15) is 20.1 Å². The lowest BCUT2D eigenvalue weighted by molar-refractivity contribution is 0.0322. The molecule has 9 heteroatoms. The topological polar surface area (TPSA) is 96.3 Å². The van der Waals surface area contributed by atoms with Crippen LogP contribution in [0.25, 0.3) is 0 Å². The number of morpholine rings is 1. The molecule has 0 saturated carbocycles. The van der Waals surface area contributed by atoms with E-state index in [1.54, 1.807) is 6.07 Å². The fraction of sp³-hybridized carbons (Fsp3) is 0.389. The second-order valence-corrected chi connectivity index (χ2v) is 8.90. The summed E-state index contributed by atoms with van der Waals surface area (Å²) >= 11 is 1.11. The second kappa shape index (κ2) is 9.10. The number of thiophene rings is 1. The van der Waals surface area contributed by atoms with Gasteiger partial charge in [0.25, 0.3) is 5.52 Å². The third-order valence-electron chi connectivity index (χ3n) is 4.22. The number of carbonyl (C=O) groups excluding carboxylic acids is 1. The Morgan fingerprint density at radius 1 is 1.15 bits per heavy atom. The molecule has 0 amide bonds. The molecule has 0 radical (unpaired) electrons. The van der Waals surface area contributed by atoms with Gasteiger partial charge in [-0.2, -0.15) is 0 Å². The first kappa shape index (κ1) is 20.2. The van der Waals surface area contributed by atoms with Crippen molar-refractivity contribution >= 4 is 24.5 Å². The predicted octanol–water partition coefficient (Wildman–Crippen LogP) is 2.37. The minimum atomic E-state index is -4.73. The first-order valence-corrected chi connectivity index (χ1v) is 11.1. The highest BCUT2D eigenvalue weighted by atomic mass is 32.1. The number of nitrogens with zero attached hydrogens (tertiary/aromatic N) is 1. The molecule has 1 aromatic carbocycles. The fourth-order valence-electron chi connectivity index (χ4n) is 2.75. The van der Waals surface area contributed by atoms with Gasteiger partial charge in [-0.15, -0.1) is 11.3 Å². The first-order chi connectivity index (χ1) is 12.9. The van der Waals surface area contributed by atoms with Crippen LogP contribution in [0.3, 0.4) is 0 Å². The van der Waals surface area contributed by atoms with Crippen LogP contribution in [-0.4, -0.2) is 59.7 Å². The molecular weight excluding hydrogens is 389 g/mol. The molecule has 1 aliphatic rings. The van der Waals surface area contributed by atoms with Crippen LogP contribution >= 0.6 is 18.9 Å². The zero-order chi connectivity index (χ0) is 19.3. The molecule has 2 N–H and O–H groups in total. The Balaban J connectivity index is 1.49. The first-order valence-electron chi connectivity index (χ1n) is 8.63. The number of rotatable bonds is 8. The van der Waals surface area contributed by atoms with E-state index in [4.69, 9.17) is 19.3 Å². The summed E-state index contributed by atoms with van der Waals surface area (Å²) < 4.78 is 22.1. The summed E-state index contributed by atoms with van der Waals surface area (Å²) in [5.41, 5.74) is -0.0877. The van der Waals surface area contributed by atoms with Gasteiger partial charge in [-0.05, 0) is 29.8 Å². The van der Waals surface area contributed by atoms with Crippen LogP contribution in [0, 0.1) is 0 Å². The van der Waals surface area contributed by atoms with Gasteiger partial charge in [0.05, 0.1) is 18.1 Å². The Kier molecular flexibility index (Phi) is 6.81. The predicted molar refractivity (Wildman–Crippen MR) is 103 cm³/mol. The van der Waals surface area contributed by atoms with Crippen molar-refractivity contribution in [2.24, 2.45) is 0 Å². The zero-order valence-electron chi connectivity index (χ0n) is 14.7. The smallest absolute Gasteiger partial charge is 0.397 e. The normalized spacial score (nSPS) is 15.6. The number of hydrogen-bond acceptors (Lipinski definition) is 6. The van der Waals surface area contributed by atoms with Crippen molar-refractivity contribution in [2.45, 2.75) is 6.42 Å². The van der Waals surface area contributed by atoms with Crippen molar-refractivity contribution in [3.8, 4) is 5.75 Å². The molecule has 0 spiro atoms. The van der Waals surface area contributed by atoms with Crippen molar-refractivity contribution in [3.63, 3.8) is 0 Å². The third-order valence-corrected chi connectivity index (χ3v) is 6.22. The molecule has 1 aliphatic heterocycles. The Morgan fingerprint density at radius 3 is 2.52 bits per heavy atom. The number of carbonyl (C=O) groups is 1. The Morgan fingerprint density at radius 2 is 1.85 bits per heavy atom. The highest BCUT2D eigenvalue weighted by Crippen LogP contribution is 2.41. The molecular formula is C18H22NO6PS. The van der Waals surface area contributed by atoms with Crippen LogP contribution in [0.15, 0.2) is 36.4 Å². The summed E-state index contributed by atoms with van der Waals surface area (Å²) in [6.45, 7) is 4.93. The van der Waals surface area contributed by atoms with Gasteiger partial charge in [0, 0.05) is 30.9 Å². The molecule has 1 saturated heterocycles. The van der Waals surface area contributed by atoms with E-state index in [2.05, 4.69) is 4.90 Å². The lowest BCUT2D eigenvalue weighted by atomic mass is 10.1. The Hall–Kier alpha value is -1.54. The molecule has 2 heterocycles. The molecule has 1 fully saturated rings. The minimum absolute atomic E-state index is 0.0846. The van der Waals surface area contributed by atoms with E-state index in [0.29, 0.717) is 13.0 Å². The van der Waals surface area contributed by atoms with E-state index in [-0.39, 0.29) is 4.88 Å². The van der Waals surface area contributed by atoms with Crippen LogP contribution in [0.4, 0.5) is 0 Å². The van der Waals surface area contributed by atoms with Crippen molar-refractivity contribution in [3.05, 3.63) is 51.7 Å². The summed E-state index contributed by atoms with van der Waals surface area (Å²) in [6.07, 6.45) is 0.590. The summed E-state index contributed by atoms with van der Waals surface area (Å²) in [4.78, 5) is 32.8. The minimum Gasteiger partial charge on any atom is -0.492 e. The summed E-state index contributed by atoms with van der Waals surface area (Å²) in [5.74, 6) is 0.801. The molecule has 7 nitrogen and oxygen atoms in total. The highest BCUT2D eigenvalue weighted by molar-refractivity contribution is 7.71. The molecule has 27 heavy (non-hydrogen) atoms. The number of hydrogen-bond donors (Lipinski definition) is 2. The molecule has 0 unspecified atom stereocenters. The van der Waals surface area contributed by atoms with Gasteiger partial charge in [-0.25, -0.2) is 0 Å². The molecule has 0 bridgehead atoms. The maximum absolute atomic E-state index is 11.6. The van der Waals surface area contributed by atoms with E-state index < -0.39 is 13.1 Å². The third kappa shape index (κ3) is 5.97. The van der Waals surface area contributed by atoms with Gasteiger partial charge in [0.2, 0.25) is 0 Å². The van der Waals surface area contributed by atoms with Gasteiger partial charge in [-0.1, -0.05) is 12.1 Å². The highest BCUT2D eigenvalue weighted by Gasteiger charge is 2.28. The van der Waals surface area contributed by atoms with Gasteiger partial charge in [-0.3, -0.25) is 14.3 Å². The SMILES string of the molecule is O=C(c1ccc(Cc2ccc(OCCN3CCOCC3)cc2)s1)P(=O)(O)O. The maximum atomic E-state index is 11.6. The number of ether oxygens (including phenoxy) is 2. The van der Waals surface area contributed by atoms with Crippen molar-refractivity contribution in [1.29, 1.82) is 0 Å². The molecule has 3 rings (SSSR count). The molecule has 146 valence electrons. The summed E-state index contributed by atoms with van der Waals surface area (Å²) in [6, 6.07) is 10.9. The molecule has 2 aromatic rings. The van der Waals surface area contributed by atoms with E-state index in [0.717, 1.165) is 60.4 Å². The Labute approximate surface area is 161 Å². The zero-order valence-corrected chi connectivity index (χ0v) is 16.5. The monoisotopic (exact) mass is 411 g/mol. The van der Waals surface area contributed by atoms with Crippen molar-refractivity contribution < 1.29 is 28.6 Å². The maximum Gasteiger partial charge on any atom is 0.397 e. The lowest BCUT2D eigenvalue weighted by Gasteiger charge is -2.26. The van der Waals surface area contributed by atoms with Gasteiger partial charge >= 0.3 is 7.60 Å². The lowest BCUT2D eigenvalue weighted by Crippen LogP contribution is -2.38. The summed E-state index contributed by atoms with van der Waals surface area (Å²) in [5, 5.41) is 0. The molecule has 1 aromatic heterocycles. The van der Waals surface area contributed by atoms with Gasteiger partial charge < -0.3 is 19.3 Å². The van der Waals surface area contributed by atoms with Gasteiger partial charge in [0.1, 0.15) is 12.4 Å². The molecule has 0 aliphatic carbocycles. The van der Waals surface area contributed by atoms with Crippen LogP contribution < -0.4 is 4.74 Å². The average Bonchev–Trinajstić information content (AvgIpc) is 3.11. The number of benzene rings is 1. The molecule has 0 atom stereocenters. The van der Waals surface area contributed by atoms with Crippen LogP contribution in [0.2, 0.25) is 0 Å². The largest absolute Gasteiger partial charge is 0.492 e. The van der Waals surface area contributed by atoms with Crippen LogP contribution in [-0.2, 0) is 15.7 Å². The second-order valence-electron chi connectivity index (χ2n) is 6.24. The van der Waals surface area contributed by atoms with Crippen LogP contribution in [0.5, 0.6) is 5.75 Å². The van der Waals surface area contributed by atoms with E-state index in [9.17, 15) is 9.36 Å². The Bertz CT molecular complexity index is 810. The van der Waals surface area contributed by atoms with E-state index in [1.165, 1.54) is 6.07 Å². The van der Waals surface area contributed by atoms with E-state index >= 15 is 0 Å². The fourth-order valence-corrected chi connectivity index (χ4v) is 4.49. The summed E-state index contributed by atoms with van der Waals surface area (Å²) in [7, 11) is -4.73. The van der Waals surface area contributed by atoms with Crippen molar-refractivity contribution in [1.82, 2.24) is 4.90 Å². The quantitative estimate of drug-likeness (QED) is 0.644. The van der Waals surface area contributed by atoms with Crippen molar-refractivity contribution in [2.75, 3.05) is 39.5 Å². The van der Waals surface area contributed by atoms with E-state index in [1.807, 2.05) is 24.3 Å². The standard InChI is InChI=1S/C18H22NO6PS/c20-18(26(21,22)23)17-6-5-16(27-17)13-14-1-3-15(4-2-14)25-12-9-19-7-10-24-11-8-19/h1-6H,7-13H2,(H2,21,22,23).